The number of thioether (sulfide) groups is 1. The average Bonchev–Trinajstić information content (AvgIpc) is 2.47. The molecule has 1 aromatic carbocycles. The van der Waals surface area contributed by atoms with Crippen LogP contribution in [-0.4, -0.2) is 37.6 Å². The van der Waals surface area contributed by atoms with Crippen molar-refractivity contribution in [2.45, 2.75) is 18.8 Å². The topological polar surface area (TPSA) is 63.4 Å². The second-order valence-electron chi connectivity index (χ2n) is 4.65. The zero-order valence-electron chi connectivity index (χ0n) is 11.4. The van der Waals surface area contributed by atoms with Crippen LogP contribution in [0.15, 0.2) is 18.2 Å². The normalized spacial score (nSPS) is 20.1. The number of halogens is 1. The summed E-state index contributed by atoms with van der Waals surface area (Å²) >= 11 is 7.74. The van der Waals surface area contributed by atoms with Crippen molar-refractivity contribution in [1.82, 2.24) is 0 Å². The van der Waals surface area contributed by atoms with Gasteiger partial charge in [0.25, 0.3) is 0 Å². The van der Waals surface area contributed by atoms with Crippen LogP contribution in [0.2, 0.25) is 5.02 Å². The van der Waals surface area contributed by atoms with E-state index in [-0.39, 0.29) is 5.75 Å². The molecule has 20 heavy (non-hydrogen) atoms. The van der Waals surface area contributed by atoms with E-state index in [0.29, 0.717) is 23.9 Å². The van der Waals surface area contributed by atoms with E-state index in [4.69, 9.17) is 17.3 Å². The first-order chi connectivity index (χ1) is 9.49. The minimum absolute atomic E-state index is 0.146. The van der Waals surface area contributed by atoms with Crippen LogP contribution in [0.4, 0.5) is 5.69 Å². The zero-order valence-corrected chi connectivity index (χ0v) is 13.8. The first-order valence-corrected chi connectivity index (χ1v) is 9.79. The van der Waals surface area contributed by atoms with Gasteiger partial charge in [-0.15, -0.1) is 0 Å². The van der Waals surface area contributed by atoms with Crippen LogP contribution in [-0.2, 0) is 16.4 Å². The molecule has 0 saturated carbocycles. The van der Waals surface area contributed by atoms with Crippen LogP contribution in [0.25, 0.3) is 0 Å². The Morgan fingerprint density at radius 2 is 2.25 bits per heavy atom. The van der Waals surface area contributed by atoms with Gasteiger partial charge in [-0.3, -0.25) is 0 Å². The Balaban J connectivity index is 2.45. The molecule has 0 bridgehead atoms. The van der Waals surface area contributed by atoms with Crippen LogP contribution in [0, 0.1) is 0 Å². The summed E-state index contributed by atoms with van der Waals surface area (Å²) in [6, 6.07) is 5.47. The van der Waals surface area contributed by atoms with E-state index < -0.39 is 15.2 Å². The first kappa shape index (κ1) is 15.9. The van der Waals surface area contributed by atoms with Gasteiger partial charge in [-0.05, 0) is 17.7 Å². The van der Waals surface area contributed by atoms with Gasteiger partial charge in [0.15, 0.2) is 9.84 Å². The van der Waals surface area contributed by atoms with E-state index >= 15 is 0 Å². The van der Waals surface area contributed by atoms with Crippen LogP contribution < -0.4 is 10.6 Å². The SMILES string of the molecule is CCS(=O)(=O)C1CSCCN1c1cc(Cl)ccc1CN. The first-order valence-electron chi connectivity index (χ1n) is 6.54. The van der Waals surface area contributed by atoms with Crippen molar-refractivity contribution in [2.75, 3.05) is 28.7 Å². The fourth-order valence-corrected chi connectivity index (χ4v) is 5.47. The van der Waals surface area contributed by atoms with E-state index in [2.05, 4.69) is 0 Å². The van der Waals surface area contributed by atoms with Gasteiger partial charge in [0.1, 0.15) is 5.37 Å². The summed E-state index contributed by atoms with van der Waals surface area (Å²) in [7, 11) is -3.14. The fraction of sp³-hybridized carbons (Fsp3) is 0.538. The molecule has 0 aromatic heterocycles. The Morgan fingerprint density at radius 3 is 2.90 bits per heavy atom. The molecule has 2 N–H and O–H groups in total. The van der Waals surface area contributed by atoms with Crippen LogP contribution >= 0.6 is 23.4 Å². The lowest BCUT2D eigenvalue weighted by Crippen LogP contribution is -2.48. The van der Waals surface area contributed by atoms with Crippen molar-refractivity contribution in [3.05, 3.63) is 28.8 Å². The molecule has 0 radical (unpaired) electrons. The number of hydrogen-bond acceptors (Lipinski definition) is 5. The number of hydrogen-bond donors (Lipinski definition) is 1. The van der Waals surface area contributed by atoms with Gasteiger partial charge in [-0.2, -0.15) is 11.8 Å². The number of anilines is 1. The Labute approximate surface area is 129 Å². The lowest BCUT2D eigenvalue weighted by Gasteiger charge is -2.37. The van der Waals surface area contributed by atoms with E-state index in [1.807, 2.05) is 17.0 Å². The highest BCUT2D eigenvalue weighted by atomic mass is 35.5. The second kappa shape index (κ2) is 6.56. The molecule has 112 valence electrons. The van der Waals surface area contributed by atoms with Gasteiger partial charge in [0.05, 0.1) is 0 Å². The minimum Gasteiger partial charge on any atom is -0.353 e. The Hall–Kier alpha value is -0.430. The average molecular weight is 335 g/mol. The van der Waals surface area contributed by atoms with Gasteiger partial charge in [0.2, 0.25) is 0 Å². The van der Waals surface area contributed by atoms with E-state index in [1.165, 1.54) is 0 Å². The zero-order chi connectivity index (χ0) is 14.8. The summed E-state index contributed by atoms with van der Waals surface area (Å²) in [5.41, 5.74) is 7.55. The lowest BCUT2D eigenvalue weighted by molar-refractivity contribution is 0.579. The number of rotatable bonds is 4. The maximum absolute atomic E-state index is 12.3. The molecule has 1 heterocycles. The molecule has 1 aliphatic rings. The molecular formula is C13H19ClN2O2S2. The molecule has 4 nitrogen and oxygen atoms in total. The second-order valence-corrected chi connectivity index (χ2v) is 8.69. The van der Waals surface area contributed by atoms with Crippen LogP contribution in [0.3, 0.4) is 0 Å². The van der Waals surface area contributed by atoms with Crippen molar-refractivity contribution < 1.29 is 8.42 Å². The smallest absolute Gasteiger partial charge is 0.171 e. The van der Waals surface area contributed by atoms with E-state index in [1.54, 1.807) is 24.8 Å². The Bertz CT molecular complexity index is 578. The molecular weight excluding hydrogens is 316 g/mol. The van der Waals surface area contributed by atoms with E-state index in [9.17, 15) is 8.42 Å². The predicted octanol–water partition coefficient (Wildman–Crippen LogP) is 2.11. The summed E-state index contributed by atoms with van der Waals surface area (Å²) in [5.74, 6) is 1.65. The van der Waals surface area contributed by atoms with Crippen molar-refractivity contribution >= 4 is 38.9 Å². The maximum atomic E-state index is 12.3. The third-order valence-electron chi connectivity index (χ3n) is 3.48. The Kier molecular flexibility index (Phi) is 5.23. The van der Waals surface area contributed by atoms with Crippen molar-refractivity contribution in [3.8, 4) is 0 Å². The minimum atomic E-state index is -3.14. The number of sulfone groups is 1. The molecule has 7 heteroatoms. The fourth-order valence-electron chi connectivity index (χ4n) is 2.32. The lowest BCUT2D eigenvalue weighted by atomic mass is 10.1. The molecule has 1 atom stereocenters. The molecule has 0 aliphatic carbocycles. The highest BCUT2D eigenvalue weighted by molar-refractivity contribution is 8.01. The molecule has 0 spiro atoms. The molecule has 1 aromatic rings. The molecule has 1 unspecified atom stereocenters. The molecule has 1 fully saturated rings. The monoisotopic (exact) mass is 334 g/mol. The number of nitrogens with two attached hydrogens (primary N) is 1. The third-order valence-corrected chi connectivity index (χ3v) is 7.00. The van der Waals surface area contributed by atoms with Gasteiger partial charge >= 0.3 is 0 Å². The molecule has 2 rings (SSSR count). The number of benzene rings is 1. The molecule has 1 aliphatic heterocycles. The highest BCUT2D eigenvalue weighted by Crippen LogP contribution is 2.31. The highest BCUT2D eigenvalue weighted by Gasteiger charge is 2.33. The van der Waals surface area contributed by atoms with Gasteiger partial charge in [0, 0.05) is 41.1 Å². The van der Waals surface area contributed by atoms with E-state index in [0.717, 1.165) is 17.0 Å². The summed E-state index contributed by atoms with van der Waals surface area (Å²) in [6.45, 7) is 2.76. The summed E-state index contributed by atoms with van der Waals surface area (Å²) in [4.78, 5) is 1.95. The largest absolute Gasteiger partial charge is 0.353 e. The van der Waals surface area contributed by atoms with Crippen LogP contribution in [0.1, 0.15) is 12.5 Å². The third kappa shape index (κ3) is 3.24. The summed E-state index contributed by atoms with van der Waals surface area (Å²) < 4.78 is 24.6. The predicted molar refractivity (Wildman–Crippen MR) is 87.3 cm³/mol. The van der Waals surface area contributed by atoms with Crippen molar-refractivity contribution in [2.24, 2.45) is 5.73 Å². The van der Waals surface area contributed by atoms with Gasteiger partial charge in [-0.25, -0.2) is 8.42 Å². The van der Waals surface area contributed by atoms with Gasteiger partial charge < -0.3 is 10.6 Å². The molecule has 0 amide bonds. The maximum Gasteiger partial charge on any atom is 0.171 e. The van der Waals surface area contributed by atoms with Crippen molar-refractivity contribution in [3.63, 3.8) is 0 Å². The molecule has 1 saturated heterocycles. The standard InChI is InChI=1S/C13H19ClN2O2S2/c1-2-20(17,18)13-9-19-6-5-16(13)12-7-11(14)4-3-10(12)8-15/h3-4,7,13H,2,5-6,8-9,15H2,1H3. The summed E-state index contributed by atoms with van der Waals surface area (Å²) in [6.07, 6.45) is 0. The van der Waals surface area contributed by atoms with Crippen LogP contribution in [0.5, 0.6) is 0 Å². The summed E-state index contributed by atoms with van der Waals surface area (Å²) in [5, 5.41) is 0.109. The van der Waals surface area contributed by atoms with Crippen molar-refractivity contribution in [1.29, 1.82) is 0 Å². The number of nitrogens with zero attached hydrogens (tertiary/aromatic N) is 1. The quantitative estimate of drug-likeness (QED) is 0.913. The van der Waals surface area contributed by atoms with Gasteiger partial charge in [-0.1, -0.05) is 24.6 Å². The Morgan fingerprint density at radius 1 is 1.50 bits per heavy atom.